The number of nitrogens with zero attached hydrogens (tertiary/aromatic N) is 2. The second-order valence-electron chi connectivity index (χ2n) is 9.65. The van der Waals surface area contributed by atoms with E-state index in [1.165, 1.54) is 12.1 Å². The van der Waals surface area contributed by atoms with Crippen molar-refractivity contribution in [2.24, 2.45) is 0 Å². The van der Waals surface area contributed by atoms with Crippen molar-refractivity contribution >= 4 is 26.8 Å². The quantitative estimate of drug-likeness (QED) is 0.242. The molecule has 4 aromatic rings. The molecule has 0 spiro atoms. The van der Waals surface area contributed by atoms with Gasteiger partial charge < -0.3 is 19.5 Å². The Morgan fingerprint density at radius 2 is 1.88 bits per heavy atom. The van der Waals surface area contributed by atoms with Gasteiger partial charge in [0.25, 0.3) is 10.1 Å². The third kappa shape index (κ3) is 7.14. The lowest BCUT2D eigenvalue weighted by Crippen LogP contribution is -2.35. The van der Waals surface area contributed by atoms with Gasteiger partial charge in [-0.05, 0) is 74.7 Å². The number of pyridine rings is 2. The summed E-state index contributed by atoms with van der Waals surface area (Å²) in [4.78, 5) is 9.22. The number of hydrogen-bond donors (Lipinski definition) is 1. The number of nitrogens with one attached hydrogen (secondary N) is 1. The third-order valence-corrected chi connectivity index (χ3v) is 7.91. The Hall–Kier alpha value is -3.57. The molecule has 0 radical (unpaired) electrons. The summed E-state index contributed by atoms with van der Waals surface area (Å²) in [5.74, 6) is 1.41. The van der Waals surface area contributed by atoms with Crippen LogP contribution in [0.1, 0.15) is 24.8 Å². The number of hydrogen-bond acceptors (Lipinski definition) is 9. The third-order valence-electron chi connectivity index (χ3n) is 6.61. The first-order valence-corrected chi connectivity index (χ1v) is 14.7. The Kier molecular flexibility index (Phi) is 8.91. The minimum atomic E-state index is -3.95. The lowest BCUT2D eigenvalue weighted by atomic mass is 10.1. The standard InChI is InChI=1S/C30H33N3O6S/c1-21-6-11-26(12-7-21)40(34,35)38-20-25(39-30-5-3-4-16-36-30)19-37-24-10-14-27-22(17-24)8-13-28(33-27)23-9-15-29(31-2)32-18-23/h6-15,17-18,25,30H,3-5,16,19-20H2,1-2H3,(H,31,32). The molecule has 40 heavy (non-hydrogen) atoms. The summed E-state index contributed by atoms with van der Waals surface area (Å²) in [6, 6.07) is 20.0. The zero-order chi connectivity index (χ0) is 28.0. The highest BCUT2D eigenvalue weighted by Crippen LogP contribution is 2.25. The van der Waals surface area contributed by atoms with Crippen molar-refractivity contribution in [3.63, 3.8) is 0 Å². The van der Waals surface area contributed by atoms with Gasteiger partial charge in [-0.3, -0.25) is 4.18 Å². The topological polar surface area (TPSA) is 109 Å². The molecule has 2 unspecified atom stereocenters. The molecule has 1 fully saturated rings. The minimum absolute atomic E-state index is 0.0871. The van der Waals surface area contributed by atoms with Crippen LogP contribution in [0.15, 0.2) is 77.8 Å². The molecule has 9 nitrogen and oxygen atoms in total. The maximum Gasteiger partial charge on any atom is 0.297 e. The molecule has 2 aromatic carbocycles. The molecule has 1 N–H and O–H groups in total. The van der Waals surface area contributed by atoms with E-state index in [-0.39, 0.29) is 18.1 Å². The van der Waals surface area contributed by atoms with Crippen molar-refractivity contribution in [1.82, 2.24) is 9.97 Å². The van der Waals surface area contributed by atoms with Crippen molar-refractivity contribution in [3.05, 3.63) is 78.5 Å². The molecule has 3 heterocycles. The lowest BCUT2D eigenvalue weighted by molar-refractivity contribution is -0.198. The van der Waals surface area contributed by atoms with E-state index in [4.69, 9.17) is 23.4 Å². The summed E-state index contributed by atoms with van der Waals surface area (Å²) in [5, 5.41) is 3.92. The first-order valence-electron chi connectivity index (χ1n) is 13.3. The first-order chi connectivity index (χ1) is 19.4. The van der Waals surface area contributed by atoms with Crippen molar-refractivity contribution in [2.75, 3.05) is 32.2 Å². The number of anilines is 1. The van der Waals surface area contributed by atoms with Crippen LogP contribution in [-0.2, 0) is 23.8 Å². The van der Waals surface area contributed by atoms with Gasteiger partial charge in [0.05, 0.1) is 22.7 Å². The molecular weight excluding hydrogens is 530 g/mol. The Labute approximate surface area is 234 Å². The van der Waals surface area contributed by atoms with Crippen molar-refractivity contribution < 1.29 is 26.8 Å². The average Bonchev–Trinajstić information content (AvgIpc) is 2.99. The number of benzene rings is 2. The molecular formula is C30H33N3O6S. The van der Waals surface area contributed by atoms with Gasteiger partial charge in [0, 0.05) is 30.8 Å². The second kappa shape index (κ2) is 12.7. The SMILES string of the molecule is CNc1ccc(-c2ccc3cc(OCC(COS(=O)(=O)c4ccc(C)cc4)OC4CCCCO4)ccc3n2)cn1. The lowest BCUT2D eigenvalue weighted by Gasteiger charge is -2.27. The van der Waals surface area contributed by atoms with E-state index in [1.807, 2.05) is 56.4 Å². The molecule has 210 valence electrons. The molecule has 0 amide bonds. The van der Waals surface area contributed by atoms with Crippen LogP contribution in [0.3, 0.4) is 0 Å². The molecule has 2 aromatic heterocycles. The fourth-order valence-corrected chi connectivity index (χ4v) is 5.27. The van der Waals surface area contributed by atoms with Crippen molar-refractivity contribution in [3.8, 4) is 17.0 Å². The Balaban J connectivity index is 1.26. The van der Waals surface area contributed by atoms with E-state index in [2.05, 4.69) is 10.3 Å². The van der Waals surface area contributed by atoms with Crippen LogP contribution in [0.4, 0.5) is 5.82 Å². The predicted molar refractivity (Wildman–Crippen MR) is 153 cm³/mol. The van der Waals surface area contributed by atoms with Gasteiger partial charge in [-0.25, -0.2) is 9.97 Å². The molecule has 1 aliphatic heterocycles. The van der Waals surface area contributed by atoms with Gasteiger partial charge >= 0.3 is 0 Å². The maximum absolute atomic E-state index is 12.8. The Bertz CT molecular complexity index is 1520. The van der Waals surface area contributed by atoms with E-state index in [1.54, 1.807) is 18.3 Å². The number of aromatic nitrogens is 2. The van der Waals surface area contributed by atoms with Gasteiger partial charge in [0.15, 0.2) is 6.29 Å². The second-order valence-corrected chi connectivity index (χ2v) is 11.3. The number of rotatable bonds is 11. The van der Waals surface area contributed by atoms with Crippen LogP contribution < -0.4 is 10.1 Å². The molecule has 10 heteroatoms. The highest BCUT2D eigenvalue weighted by atomic mass is 32.2. The summed E-state index contributed by atoms with van der Waals surface area (Å²) < 4.78 is 48.7. The van der Waals surface area contributed by atoms with E-state index in [0.717, 1.165) is 52.8 Å². The predicted octanol–water partition coefficient (Wildman–Crippen LogP) is 5.34. The smallest absolute Gasteiger partial charge is 0.297 e. The summed E-state index contributed by atoms with van der Waals surface area (Å²) >= 11 is 0. The molecule has 2 atom stereocenters. The Morgan fingerprint density at radius 3 is 2.60 bits per heavy atom. The number of ether oxygens (including phenoxy) is 3. The van der Waals surface area contributed by atoms with Crippen LogP contribution in [0.5, 0.6) is 5.75 Å². The van der Waals surface area contributed by atoms with Crippen LogP contribution in [0.25, 0.3) is 22.2 Å². The molecule has 0 aliphatic carbocycles. The largest absolute Gasteiger partial charge is 0.491 e. The Morgan fingerprint density at radius 1 is 1.02 bits per heavy atom. The fourth-order valence-electron chi connectivity index (χ4n) is 4.33. The molecule has 1 saturated heterocycles. The minimum Gasteiger partial charge on any atom is -0.491 e. The monoisotopic (exact) mass is 563 g/mol. The molecule has 5 rings (SSSR count). The zero-order valence-electron chi connectivity index (χ0n) is 22.6. The van der Waals surface area contributed by atoms with Crippen molar-refractivity contribution in [2.45, 2.75) is 43.5 Å². The van der Waals surface area contributed by atoms with Crippen LogP contribution in [0, 0.1) is 6.92 Å². The number of aryl methyl sites for hydroxylation is 1. The summed E-state index contributed by atoms with van der Waals surface area (Å²) in [6.45, 7) is 2.39. The van der Waals surface area contributed by atoms with E-state index < -0.39 is 22.5 Å². The van der Waals surface area contributed by atoms with Crippen molar-refractivity contribution in [1.29, 1.82) is 0 Å². The van der Waals surface area contributed by atoms with Gasteiger partial charge in [-0.1, -0.05) is 23.8 Å². The summed E-state index contributed by atoms with van der Waals surface area (Å²) in [7, 11) is -2.12. The van der Waals surface area contributed by atoms with E-state index >= 15 is 0 Å². The molecule has 0 saturated carbocycles. The highest BCUT2D eigenvalue weighted by Gasteiger charge is 2.24. The molecule has 0 bridgehead atoms. The van der Waals surface area contributed by atoms with Gasteiger partial charge in [-0.2, -0.15) is 8.42 Å². The van der Waals surface area contributed by atoms with E-state index in [9.17, 15) is 8.42 Å². The average molecular weight is 564 g/mol. The van der Waals surface area contributed by atoms with Crippen LogP contribution in [0.2, 0.25) is 0 Å². The van der Waals surface area contributed by atoms with Gasteiger partial charge in [0.1, 0.15) is 24.3 Å². The summed E-state index contributed by atoms with van der Waals surface area (Å²) in [6.07, 6.45) is 3.39. The first kappa shape index (κ1) is 28.0. The van der Waals surface area contributed by atoms with Crippen LogP contribution >= 0.6 is 0 Å². The zero-order valence-corrected chi connectivity index (χ0v) is 23.4. The summed E-state index contributed by atoms with van der Waals surface area (Å²) in [5.41, 5.74) is 3.53. The van der Waals surface area contributed by atoms with Crippen LogP contribution in [-0.4, -0.2) is 57.6 Å². The van der Waals surface area contributed by atoms with Gasteiger partial charge in [-0.15, -0.1) is 0 Å². The van der Waals surface area contributed by atoms with E-state index in [0.29, 0.717) is 12.4 Å². The maximum atomic E-state index is 12.8. The van der Waals surface area contributed by atoms with Gasteiger partial charge in [0.2, 0.25) is 0 Å². The normalized spacial score (nSPS) is 16.5. The fraction of sp³-hybridized carbons (Fsp3) is 0.333. The molecule has 1 aliphatic rings. The number of fused-ring (bicyclic) bond motifs is 1. The highest BCUT2D eigenvalue weighted by molar-refractivity contribution is 7.86.